The van der Waals surface area contributed by atoms with Crippen LogP contribution in [-0.2, 0) is 0 Å². The first-order valence-corrected chi connectivity index (χ1v) is 9.05. The number of amides is 1. The molecule has 25 heavy (non-hydrogen) atoms. The van der Waals surface area contributed by atoms with Crippen LogP contribution in [0.25, 0.3) is 0 Å². The van der Waals surface area contributed by atoms with Crippen LogP contribution in [0.4, 0.5) is 11.4 Å². The van der Waals surface area contributed by atoms with Gasteiger partial charge in [0.25, 0.3) is 5.91 Å². The lowest BCUT2D eigenvalue weighted by Gasteiger charge is -2.33. The van der Waals surface area contributed by atoms with E-state index in [0.29, 0.717) is 11.3 Å². The second kappa shape index (κ2) is 7.60. The zero-order valence-electron chi connectivity index (χ0n) is 15.0. The monoisotopic (exact) mass is 337 g/mol. The molecule has 0 bridgehead atoms. The summed E-state index contributed by atoms with van der Waals surface area (Å²) in [6.45, 7) is 6.26. The van der Waals surface area contributed by atoms with Crippen LogP contribution in [0.3, 0.4) is 0 Å². The molecule has 1 saturated heterocycles. The van der Waals surface area contributed by atoms with E-state index < -0.39 is 0 Å². The van der Waals surface area contributed by atoms with E-state index in [1.807, 2.05) is 49.4 Å². The van der Waals surface area contributed by atoms with Gasteiger partial charge in [0.15, 0.2) is 0 Å². The number of anilines is 2. The Bertz CT molecular complexity index is 721. The molecule has 4 nitrogen and oxygen atoms in total. The van der Waals surface area contributed by atoms with Gasteiger partial charge in [-0.1, -0.05) is 37.3 Å². The van der Waals surface area contributed by atoms with Gasteiger partial charge in [-0.25, -0.2) is 0 Å². The fourth-order valence-corrected chi connectivity index (χ4v) is 3.36. The van der Waals surface area contributed by atoms with Gasteiger partial charge in [-0.05, 0) is 49.4 Å². The minimum atomic E-state index is -0.0720. The van der Waals surface area contributed by atoms with Gasteiger partial charge < -0.3 is 16.0 Å². The second-order valence-corrected chi connectivity index (χ2v) is 7.05. The van der Waals surface area contributed by atoms with Crippen molar-refractivity contribution in [3.8, 4) is 0 Å². The highest BCUT2D eigenvalue weighted by Gasteiger charge is 2.22. The predicted octanol–water partition coefficient (Wildman–Crippen LogP) is 4.00. The number of nitrogen functional groups attached to an aromatic ring is 1. The molecule has 3 N–H and O–H groups in total. The van der Waals surface area contributed by atoms with Crippen molar-refractivity contribution in [2.75, 3.05) is 23.7 Å². The summed E-state index contributed by atoms with van der Waals surface area (Å²) in [5, 5.41) is 3.11. The number of nitrogens with one attached hydrogen (secondary N) is 1. The maximum atomic E-state index is 12.9. The Balaban J connectivity index is 1.80. The van der Waals surface area contributed by atoms with Crippen LogP contribution in [0, 0.1) is 5.92 Å². The molecule has 1 heterocycles. The zero-order chi connectivity index (χ0) is 17.8. The Morgan fingerprint density at radius 3 is 2.52 bits per heavy atom. The summed E-state index contributed by atoms with van der Waals surface area (Å²) in [5.41, 5.74) is 9.32. The maximum Gasteiger partial charge on any atom is 0.253 e. The number of rotatable bonds is 4. The molecule has 1 unspecified atom stereocenters. The largest absolute Gasteiger partial charge is 0.399 e. The summed E-state index contributed by atoms with van der Waals surface area (Å²) >= 11 is 0. The Labute approximate surface area is 150 Å². The SMILES string of the molecule is CC1CCN(c2ccc(N)cc2C(=O)NC(C)c2ccccc2)CC1. The molecule has 3 rings (SSSR count). The summed E-state index contributed by atoms with van der Waals surface area (Å²) in [5.74, 6) is 0.678. The highest BCUT2D eigenvalue weighted by molar-refractivity contribution is 6.01. The van der Waals surface area contributed by atoms with E-state index in [9.17, 15) is 4.79 Å². The Hall–Kier alpha value is -2.49. The van der Waals surface area contributed by atoms with Crippen LogP contribution in [0.1, 0.15) is 48.7 Å². The summed E-state index contributed by atoms with van der Waals surface area (Å²) in [4.78, 5) is 15.2. The van der Waals surface area contributed by atoms with Crippen LogP contribution < -0.4 is 16.0 Å². The molecule has 2 aromatic carbocycles. The lowest BCUT2D eigenvalue weighted by molar-refractivity contribution is 0.0940. The Morgan fingerprint density at radius 1 is 1.16 bits per heavy atom. The molecule has 1 fully saturated rings. The number of benzene rings is 2. The van der Waals surface area contributed by atoms with E-state index in [1.54, 1.807) is 6.07 Å². The highest BCUT2D eigenvalue weighted by atomic mass is 16.1. The lowest BCUT2D eigenvalue weighted by Crippen LogP contribution is -2.35. The number of hydrogen-bond donors (Lipinski definition) is 2. The fraction of sp³-hybridized carbons (Fsp3) is 0.381. The summed E-state index contributed by atoms with van der Waals surface area (Å²) in [7, 11) is 0. The average Bonchev–Trinajstić information content (AvgIpc) is 2.63. The van der Waals surface area contributed by atoms with Crippen molar-refractivity contribution in [1.29, 1.82) is 0 Å². The highest BCUT2D eigenvalue weighted by Crippen LogP contribution is 2.28. The van der Waals surface area contributed by atoms with Gasteiger partial charge in [-0.3, -0.25) is 4.79 Å². The van der Waals surface area contributed by atoms with Crippen LogP contribution in [0.15, 0.2) is 48.5 Å². The lowest BCUT2D eigenvalue weighted by atomic mass is 9.97. The molecule has 132 valence electrons. The van der Waals surface area contributed by atoms with Gasteiger partial charge in [-0.2, -0.15) is 0 Å². The van der Waals surface area contributed by atoms with E-state index in [1.165, 1.54) is 0 Å². The third-order valence-electron chi connectivity index (χ3n) is 5.04. The molecule has 1 amide bonds. The molecular weight excluding hydrogens is 310 g/mol. The van der Waals surface area contributed by atoms with Gasteiger partial charge in [-0.15, -0.1) is 0 Å². The quantitative estimate of drug-likeness (QED) is 0.829. The molecule has 1 atom stereocenters. The van der Waals surface area contributed by atoms with E-state index in [4.69, 9.17) is 5.73 Å². The number of carbonyl (C=O) groups is 1. The topological polar surface area (TPSA) is 58.4 Å². The number of carbonyl (C=O) groups excluding carboxylic acids is 1. The molecule has 4 heteroatoms. The predicted molar refractivity (Wildman–Crippen MR) is 104 cm³/mol. The Kier molecular flexibility index (Phi) is 5.27. The van der Waals surface area contributed by atoms with Gasteiger partial charge in [0.05, 0.1) is 11.6 Å². The Morgan fingerprint density at radius 2 is 1.84 bits per heavy atom. The van der Waals surface area contributed by atoms with Gasteiger partial charge in [0, 0.05) is 24.5 Å². The van der Waals surface area contributed by atoms with Crippen molar-refractivity contribution in [3.05, 3.63) is 59.7 Å². The van der Waals surface area contributed by atoms with Crippen molar-refractivity contribution in [3.63, 3.8) is 0 Å². The number of piperidine rings is 1. The minimum Gasteiger partial charge on any atom is -0.399 e. The van der Waals surface area contributed by atoms with Crippen LogP contribution in [0.2, 0.25) is 0 Å². The standard InChI is InChI=1S/C21H27N3O/c1-15-10-12-24(13-11-15)20-9-8-18(22)14-19(20)21(25)23-16(2)17-6-4-3-5-7-17/h3-9,14-16H,10-13,22H2,1-2H3,(H,23,25). The average molecular weight is 337 g/mol. The first kappa shape index (κ1) is 17.3. The molecule has 1 aliphatic rings. The van der Waals surface area contributed by atoms with E-state index in [0.717, 1.165) is 43.1 Å². The maximum absolute atomic E-state index is 12.9. The molecule has 0 saturated carbocycles. The van der Waals surface area contributed by atoms with Crippen molar-refractivity contribution < 1.29 is 4.79 Å². The third kappa shape index (κ3) is 4.13. The smallest absolute Gasteiger partial charge is 0.253 e. The fourth-order valence-electron chi connectivity index (χ4n) is 3.36. The van der Waals surface area contributed by atoms with E-state index in [2.05, 4.69) is 17.1 Å². The molecular formula is C21H27N3O. The second-order valence-electron chi connectivity index (χ2n) is 7.05. The first-order valence-electron chi connectivity index (χ1n) is 9.05. The van der Waals surface area contributed by atoms with Gasteiger partial charge >= 0.3 is 0 Å². The van der Waals surface area contributed by atoms with Crippen molar-refractivity contribution in [1.82, 2.24) is 5.32 Å². The molecule has 0 aliphatic carbocycles. The van der Waals surface area contributed by atoms with E-state index >= 15 is 0 Å². The number of nitrogens with zero attached hydrogens (tertiary/aromatic N) is 1. The summed E-state index contributed by atoms with van der Waals surface area (Å²) in [6.07, 6.45) is 2.32. The minimum absolute atomic E-state index is 0.0515. The van der Waals surface area contributed by atoms with Crippen LogP contribution in [0.5, 0.6) is 0 Å². The molecule has 2 aromatic rings. The summed E-state index contributed by atoms with van der Waals surface area (Å²) < 4.78 is 0. The zero-order valence-corrected chi connectivity index (χ0v) is 15.0. The van der Waals surface area contributed by atoms with Gasteiger partial charge in [0.1, 0.15) is 0 Å². The molecule has 0 aromatic heterocycles. The van der Waals surface area contributed by atoms with Crippen LogP contribution in [-0.4, -0.2) is 19.0 Å². The van der Waals surface area contributed by atoms with Crippen molar-refractivity contribution in [2.24, 2.45) is 5.92 Å². The van der Waals surface area contributed by atoms with Crippen LogP contribution >= 0.6 is 0 Å². The van der Waals surface area contributed by atoms with Gasteiger partial charge in [0.2, 0.25) is 0 Å². The van der Waals surface area contributed by atoms with E-state index in [-0.39, 0.29) is 11.9 Å². The normalized spacial score (nSPS) is 16.5. The number of nitrogens with two attached hydrogens (primary N) is 1. The van der Waals surface area contributed by atoms with Crippen molar-refractivity contribution in [2.45, 2.75) is 32.7 Å². The van der Waals surface area contributed by atoms with Crippen molar-refractivity contribution >= 4 is 17.3 Å². The molecule has 0 radical (unpaired) electrons. The molecule has 1 aliphatic heterocycles. The summed E-state index contributed by atoms with van der Waals surface area (Å²) in [6, 6.07) is 15.6. The first-order chi connectivity index (χ1) is 12.0. The third-order valence-corrected chi connectivity index (χ3v) is 5.04. The number of hydrogen-bond acceptors (Lipinski definition) is 3. The molecule has 0 spiro atoms.